The Balaban J connectivity index is 3.82. The Labute approximate surface area is 171 Å². The molecule has 0 aliphatic carbocycles. The molecule has 0 aromatic carbocycles. The van der Waals surface area contributed by atoms with Gasteiger partial charge in [-0.1, -0.05) is 13.8 Å². The molecule has 0 aromatic rings. The van der Waals surface area contributed by atoms with Crippen LogP contribution in [0.3, 0.4) is 0 Å². The number of rotatable bonds is 16. The fourth-order valence-electron chi connectivity index (χ4n) is 2.41. The van der Waals surface area contributed by atoms with Gasteiger partial charge in [0.2, 0.25) is 0 Å². The second-order valence-corrected chi connectivity index (χ2v) is 8.27. The molecule has 2 atom stereocenters. The van der Waals surface area contributed by atoms with Crippen LogP contribution in [0.15, 0.2) is 0 Å². The molecule has 0 aromatic heterocycles. The zero-order valence-electron chi connectivity index (χ0n) is 19.0. The van der Waals surface area contributed by atoms with E-state index in [2.05, 4.69) is 37.7 Å². The smallest absolute Gasteiger partial charge is 0.307 e. The number of esters is 2. The minimum absolute atomic E-state index is 0.196. The summed E-state index contributed by atoms with van der Waals surface area (Å²) >= 11 is 0. The summed E-state index contributed by atoms with van der Waals surface area (Å²) in [6.07, 6.45) is 2.14. The Bertz CT molecular complexity index is 429. The van der Waals surface area contributed by atoms with E-state index in [1.807, 2.05) is 14.0 Å². The van der Waals surface area contributed by atoms with Gasteiger partial charge in [0.15, 0.2) is 0 Å². The fourth-order valence-corrected chi connectivity index (χ4v) is 2.41. The summed E-state index contributed by atoms with van der Waals surface area (Å²) < 4.78 is 16.2. The van der Waals surface area contributed by atoms with E-state index in [1.165, 1.54) is 0 Å². The second kappa shape index (κ2) is 15.7. The minimum atomic E-state index is -0.328. The highest BCUT2D eigenvalue weighted by atomic mass is 16.6. The van der Waals surface area contributed by atoms with Crippen molar-refractivity contribution in [3.63, 3.8) is 0 Å². The SMILES string of the molecule is CC(C)CCC(=O)OCC(C)OCC(C)OC(=O)CCN(C)CCCN(C)C. The third-order valence-electron chi connectivity index (χ3n) is 4.20. The van der Waals surface area contributed by atoms with Crippen molar-refractivity contribution in [3.8, 4) is 0 Å². The van der Waals surface area contributed by atoms with Crippen molar-refractivity contribution in [2.75, 3.05) is 54.0 Å². The maximum absolute atomic E-state index is 11.9. The third-order valence-corrected chi connectivity index (χ3v) is 4.20. The van der Waals surface area contributed by atoms with Crippen molar-refractivity contribution in [1.29, 1.82) is 0 Å². The Morgan fingerprint density at radius 2 is 1.50 bits per heavy atom. The highest BCUT2D eigenvalue weighted by Crippen LogP contribution is 2.06. The summed E-state index contributed by atoms with van der Waals surface area (Å²) in [5.74, 6) is 0.0660. The molecular weight excluding hydrogens is 360 g/mol. The van der Waals surface area contributed by atoms with Crippen LogP contribution in [0.4, 0.5) is 0 Å². The van der Waals surface area contributed by atoms with Gasteiger partial charge in [-0.05, 0) is 66.8 Å². The first-order chi connectivity index (χ1) is 13.1. The van der Waals surface area contributed by atoms with E-state index in [0.29, 0.717) is 25.3 Å². The van der Waals surface area contributed by atoms with Crippen LogP contribution in [0.5, 0.6) is 0 Å². The van der Waals surface area contributed by atoms with Crippen LogP contribution in [0, 0.1) is 5.92 Å². The zero-order valence-corrected chi connectivity index (χ0v) is 19.0. The minimum Gasteiger partial charge on any atom is -0.463 e. The van der Waals surface area contributed by atoms with Gasteiger partial charge in [-0.15, -0.1) is 0 Å². The van der Waals surface area contributed by atoms with Gasteiger partial charge in [0.25, 0.3) is 0 Å². The summed E-state index contributed by atoms with van der Waals surface area (Å²) in [4.78, 5) is 27.8. The average Bonchev–Trinajstić information content (AvgIpc) is 2.60. The molecule has 0 fully saturated rings. The number of hydrogen-bond donors (Lipinski definition) is 0. The first-order valence-electron chi connectivity index (χ1n) is 10.4. The summed E-state index contributed by atoms with van der Waals surface area (Å²) in [5.41, 5.74) is 0. The lowest BCUT2D eigenvalue weighted by Crippen LogP contribution is -2.29. The van der Waals surface area contributed by atoms with E-state index < -0.39 is 0 Å². The zero-order chi connectivity index (χ0) is 21.5. The van der Waals surface area contributed by atoms with Crippen molar-refractivity contribution in [2.45, 2.75) is 65.6 Å². The van der Waals surface area contributed by atoms with Crippen LogP contribution >= 0.6 is 0 Å². The third kappa shape index (κ3) is 17.0. The van der Waals surface area contributed by atoms with Crippen molar-refractivity contribution >= 4 is 11.9 Å². The van der Waals surface area contributed by atoms with Crippen LogP contribution in [0.25, 0.3) is 0 Å². The van der Waals surface area contributed by atoms with Crippen LogP contribution in [-0.4, -0.2) is 87.9 Å². The van der Waals surface area contributed by atoms with Crippen LogP contribution in [-0.2, 0) is 23.8 Å². The molecule has 0 heterocycles. The molecule has 0 aliphatic heterocycles. The maximum atomic E-state index is 11.9. The van der Waals surface area contributed by atoms with Gasteiger partial charge < -0.3 is 24.0 Å². The monoisotopic (exact) mass is 402 g/mol. The lowest BCUT2D eigenvalue weighted by atomic mass is 10.1. The average molecular weight is 403 g/mol. The highest BCUT2D eigenvalue weighted by molar-refractivity contribution is 5.69. The van der Waals surface area contributed by atoms with E-state index in [4.69, 9.17) is 14.2 Å². The predicted molar refractivity (Wildman–Crippen MR) is 111 cm³/mol. The number of nitrogens with zero attached hydrogens (tertiary/aromatic N) is 2. The number of carbonyl (C=O) groups excluding carboxylic acids is 2. The molecule has 0 N–H and O–H groups in total. The molecule has 0 amide bonds. The first kappa shape index (κ1) is 26.8. The lowest BCUT2D eigenvalue weighted by Gasteiger charge is -2.20. The molecule has 7 nitrogen and oxygen atoms in total. The van der Waals surface area contributed by atoms with Gasteiger partial charge >= 0.3 is 11.9 Å². The van der Waals surface area contributed by atoms with Crippen molar-refractivity contribution in [2.24, 2.45) is 5.92 Å². The molecule has 0 spiro atoms. The largest absolute Gasteiger partial charge is 0.463 e. The summed E-state index contributed by atoms with van der Waals surface area (Å²) in [5, 5.41) is 0. The molecule has 0 saturated heterocycles. The van der Waals surface area contributed by atoms with Gasteiger partial charge in [-0.25, -0.2) is 0 Å². The topological polar surface area (TPSA) is 68.3 Å². The summed E-state index contributed by atoms with van der Waals surface area (Å²) in [6, 6.07) is 0. The number of hydrogen-bond acceptors (Lipinski definition) is 7. The molecule has 0 rings (SSSR count). The predicted octanol–water partition coefficient (Wildman–Crippen LogP) is 2.58. The van der Waals surface area contributed by atoms with Crippen molar-refractivity contribution < 1.29 is 23.8 Å². The van der Waals surface area contributed by atoms with E-state index in [9.17, 15) is 9.59 Å². The van der Waals surface area contributed by atoms with Crippen LogP contribution in [0.2, 0.25) is 0 Å². The van der Waals surface area contributed by atoms with E-state index in [1.54, 1.807) is 6.92 Å². The number of ether oxygens (including phenoxy) is 3. The molecule has 0 aliphatic rings. The highest BCUT2D eigenvalue weighted by Gasteiger charge is 2.14. The molecule has 2 unspecified atom stereocenters. The van der Waals surface area contributed by atoms with Gasteiger partial charge in [-0.2, -0.15) is 0 Å². The molecule has 28 heavy (non-hydrogen) atoms. The standard InChI is InChI=1S/C21H42N2O5/c1-17(2)9-10-20(24)27-15-18(3)26-16-19(4)28-21(25)11-14-23(7)13-8-12-22(5)6/h17-19H,8-16H2,1-7H3. The molecule has 7 heteroatoms. The van der Waals surface area contributed by atoms with Gasteiger partial charge in [0.05, 0.1) is 19.1 Å². The second-order valence-electron chi connectivity index (χ2n) is 8.27. The summed E-state index contributed by atoms with van der Waals surface area (Å²) in [6.45, 7) is 11.0. The molecule has 0 radical (unpaired) electrons. The molecule has 0 saturated carbocycles. The van der Waals surface area contributed by atoms with Gasteiger partial charge in [-0.3, -0.25) is 9.59 Å². The van der Waals surface area contributed by atoms with E-state index >= 15 is 0 Å². The fraction of sp³-hybridized carbons (Fsp3) is 0.905. The van der Waals surface area contributed by atoms with Crippen molar-refractivity contribution in [1.82, 2.24) is 9.80 Å². The summed E-state index contributed by atoms with van der Waals surface area (Å²) in [7, 11) is 6.12. The van der Waals surface area contributed by atoms with E-state index in [-0.39, 0.29) is 37.4 Å². The quantitative estimate of drug-likeness (QED) is 0.368. The number of carbonyl (C=O) groups is 2. The van der Waals surface area contributed by atoms with Gasteiger partial charge in [0.1, 0.15) is 12.7 Å². The van der Waals surface area contributed by atoms with E-state index in [0.717, 1.165) is 25.9 Å². The molecular formula is C21H42N2O5. The van der Waals surface area contributed by atoms with Crippen LogP contribution in [0.1, 0.15) is 53.4 Å². The van der Waals surface area contributed by atoms with Crippen LogP contribution < -0.4 is 0 Å². The Kier molecular flexibility index (Phi) is 15.0. The molecule has 166 valence electrons. The lowest BCUT2D eigenvalue weighted by molar-refractivity contribution is -0.154. The van der Waals surface area contributed by atoms with Crippen molar-refractivity contribution in [3.05, 3.63) is 0 Å². The maximum Gasteiger partial charge on any atom is 0.307 e. The van der Waals surface area contributed by atoms with Gasteiger partial charge in [0, 0.05) is 13.0 Å². The molecule has 0 bridgehead atoms. The first-order valence-corrected chi connectivity index (χ1v) is 10.4. The Morgan fingerprint density at radius 1 is 0.821 bits per heavy atom. The normalized spacial score (nSPS) is 13.8. The Morgan fingerprint density at radius 3 is 2.11 bits per heavy atom. The Hall–Kier alpha value is -1.18.